The summed E-state index contributed by atoms with van der Waals surface area (Å²) in [7, 11) is 0. The highest BCUT2D eigenvalue weighted by molar-refractivity contribution is 5.88. The first-order valence-electron chi connectivity index (χ1n) is 5.72. The predicted molar refractivity (Wildman–Crippen MR) is 67.3 cm³/mol. The van der Waals surface area contributed by atoms with Gasteiger partial charge in [-0.05, 0) is 22.8 Å². The van der Waals surface area contributed by atoms with Crippen molar-refractivity contribution in [3.8, 4) is 0 Å². The summed E-state index contributed by atoms with van der Waals surface area (Å²) in [5.41, 5.74) is 1.11. The van der Waals surface area contributed by atoms with Crippen molar-refractivity contribution in [3.05, 3.63) is 48.0 Å². The Morgan fingerprint density at radius 2 is 1.88 bits per heavy atom. The minimum absolute atomic E-state index is 0.0869. The van der Waals surface area contributed by atoms with Crippen LogP contribution >= 0.6 is 0 Å². The molecule has 0 amide bonds. The number of benzene rings is 2. The fraction of sp³-hybridized carbons (Fsp3) is 0.267. The molecular formula is C15H15O. The highest BCUT2D eigenvalue weighted by atomic mass is 16.1. The van der Waals surface area contributed by atoms with Crippen LogP contribution in [0.3, 0.4) is 0 Å². The molecule has 1 nitrogen and oxygen atoms in total. The lowest BCUT2D eigenvalue weighted by atomic mass is 9.91. The predicted octanol–water partition coefficient (Wildman–Crippen LogP) is 3.83. The SMILES string of the molecule is CCCC([C]=O)c1cccc2ccccc12. The smallest absolute Gasteiger partial charge is 0.206 e. The molecule has 2 aromatic rings. The summed E-state index contributed by atoms with van der Waals surface area (Å²) in [5.74, 6) is -0.0869. The number of fused-ring (bicyclic) bond motifs is 1. The van der Waals surface area contributed by atoms with E-state index in [0.29, 0.717) is 0 Å². The Kier molecular flexibility index (Phi) is 3.35. The fourth-order valence-electron chi connectivity index (χ4n) is 2.12. The summed E-state index contributed by atoms with van der Waals surface area (Å²) in [5, 5.41) is 2.36. The second-order valence-electron chi connectivity index (χ2n) is 4.03. The van der Waals surface area contributed by atoms with Crippen molar-refractivity contribution < 1.29 is 4.79 Å². The maximum atomic E-state index is 11.0. The lowest BCUT2D eigenvalue weighted by Gasteiger charge is -2.11. The molecule has 0 spiro atoms. The van der Waals surface area contributed by atoms with E-state index in [-0.39, 0.29) is 5.92 Å². The monoisotopic (exact) mass is 211 g/mol. The van der Waals surface area contributed by atoms with Crippen LogP contribution < -0.4 is 0 Å². The van der Waals surface area contributed by atoms with Crippen molar-refractivity contribution >= 4 is 17.1 Å². The first-order valence-corrected chi connectivity index (χ1v) is 5.72. The van der Waals surface area contributed by atoms with Gasteiger partial charge in [-0.2, -0.15) is 0 Å². The Bertz CT molecular complexity index is 482. The maximum Gasteiger partial charge on any atom is 0.206 e. The largest absolute Gasteiger partial charge is 0.290 e. The molecule has 81 valence electrons. The zero-order valence-corrected chi connectivity index (χ0v) is 9.44. The first-order chi connectivity index (χ1) is 7.86. The van der Waals surface area contributed by atoms with Crippen LogP contribution in [0.4, 0.5) is 0 Å². The third-order valence-electron chi connectivity index (χ3n) is 2.92. The number of rotatable bonds is 4. The molecule has 0 fully saturated rings. The number of carbonyl (C=O) groups excluding carboxylic acids is 1. The number of hydrogen-bond donors (Lipinski definition) is 0. The van der Waals surface area contributed by atoms with Crippen molar-refractivity contribution in [2.75, 3.05) is 0 Å². The topological polar surface area (TPSA) is 17.1 Å². The van der Waals surface area contributed by atoms with Crippen LogP contribution in [0, 0.1) is 0 Å². The van der Waals surface area contributed by atoms with Crippen molar-refractivity contribution in [1.29, 1.82) is 0 Å². The molecule has 0 N–H and O–H groups in total. The van der Waals surface area contributed by atoms with Gasteiger partial charge in [0.05, 0.1) is 5.92 Å². The van der Waals surface area contributed by atoms with Gasteiger partial charge in [-0.25, -0.2) is 0 Å². The van der Waals surface area contributed by atoms with Crippen LogP contribution in [0.1, 0.15) is 31.2 Å². The van der Waals surface area contributed by atoms with Gasteiger partial charge in [0.1, 0.15) is 0 Å². The van der Waals surface area contributed by atoms with Crippen LogP contribution in [0.5, 0.6) is 0 Å². The Hall–Kier alpha value is -1.63. The van der Waals surface area contributed by atoms with E-state index in [4.69, 9.17) is 0 Å². The molecule has 2 rings (SSSR count). The summed E-state index contributed by atoms with van der Waals surface area (Å²) in [4.78, 5) is 11.0. The number of hydrogen-bond acceptors (Lipinski definition) is 1. The first kappa shape index (κ1) is 10.9. The van der Waals surface area contributed by atoms with E-state index in [9.17, 15) is 4.79 Å². The van der Waals surface area contributed by atoms with Crippen molar-refractivity contribution in [2.45, 2.75) is 25.7 Å². The van der Waals surface area contributed by atoms with E-state index >= 15 is 0 Å². The molecule has 0 heterocycles. The zero-order chi connectivity index (χ0) is 11.4. The highest BCUT2D eigenvalue weighted by Crippen LogP contribution is 2.27. The molecule has 2 aromatic carbocycles. The van der Waals surface area contributed by atoms with Crippen LogP contribution in [0.15, 0.2) is 42.5 Å². The van der Waals surface area contributed by atoms with Crippen LogP contribution in [0.25, 0.3) is 10.8 Å². The molecule has 0 aliphatic rings. The molecule has 0 saturated heterocycles. The molecule has 1 radical (unpaired) electrons. The summed E-state index contributed by atoms with van der Waals surface area (Å²) in [6.45, 7) is 2.09. The standard InChI is InChI=1S/C15H15O/c1-2-6-13(11-16)15-10-5-8-12-7-3-4-9-14(12)15/h3-5,7-10,13H,2,6H2,1H3. The van der Waals surface area contributed by atoms with Gasteiger partial charge < -0.3 is 0 Å². The maximum absolute atomic E-state index is 11.0. The van der Waals surface area contributed by atoms with Crippen molar-refractivity contribution in [1.82, 2.24) is 0 Å². The van der Waals surface area contributed by atoms with Gasteiger partial charge in [0.25, 0.3) is 0 Å². The molecule has 1 atom stereocenters. The molecule has 0 aromatic heterocycles. The third-order valence-corrected chi connectivity index (χ3v) is 2.92. The summed E-state index contributed by atoms with van der Waals surface area (Å²) in [6.07, 6.45) is 4.04. The van der Waals surface area contributed by atoms with Gasteiger partial charge in [0.2, 0.25) is 6.29 Å². The molecule has 1 heteroatoms. The zero-order valence-electron chi connectivity index (χ0n) is 9.44. The Morgan fingerprint density at radius 1 is 1.12 bits per heavy atom. The molecule has 1 unspecified atom stereocenters. The Morgan fingerprint density at radius 3 is 2.62 bits per heavy atom. The van der Waals surface area contributed by atoms with E-state index in [1.165, 1.54) is 10.8 Å². The highest BCUT2D eigenvalue weighted by Gasteiger charge is 2.12. The molecule has 0 aliphatic carbocycles. The second kappa shape index (κ2) is 4.93. The lowest BCUT2D eigenvalue weighted by molar-refractivity contribution is 0.536. The van der Waals surface area contributed by atoms with E-state index in [1.54, 1.807) is 0 Å². The molecule has 0 bridgehead atoms. The van der Waals surface area contributed by atoms with Crippen molar-refractivity contribution in [2.24, 2.45) is 0 Å². The fourth-order valence-corrected chi connectivity index (χ4v) is 2.12. The van der Waals surface area contributed by atoms with Crippen LogP contribution in [0.2, 0.25) is 0 Å². The molecule has 16 heavy (non-hydrogen) atoms. The van der Waals surface area contributed by atoms with Crippen molar-refractivity contribution in [3.63, 3.8) is 0 Å². The summed E-state index contributed by atoms with van der Waals surface area (Å²) >= 11 is 0. The van der Waals surface area contributed by atoms with Crippen LogP contribution in [-0.4, -0.2) is 6.29 Å². The van der Waals surface area contributed by atoms with Crippen LogP contribution in [-0.2, 0) is 4.79 Å². The molecule has 0 aliphatic heterocycles. The average Bonchev–Trinajstić information content (AvgIpc) is 2.35. The van der Waals surface area contributed by atoms with Gasteiger partial charge in [-0.1, -0.05) is 55.8 Å². The van der Waals surface area contributed by atoms with E-state index in [0.717, 1.165) is 18.4 Å². The summed E-state index contributed by atoms with van der Waals surface area (Å²) < 4.78 is 0. The van der Waals surface area contributed by atoms with Gasteiger partial charge in [0, 0.05) is 0 Å². The van der Waals surface area contributed by atoms with E-state index < -0.39 is 0 Å². The Labute approximate surface area is 96.1 Å². The lowest BCUT2D eigenvalue weighted by Crippen LogP contribution is -2.00. The van der Waals surface area contributed by atoms with E-state index in [2.05, 4.69) is 31.4 Å². The Balaban J connectivity index is 2.54. The minimum Gasteiger partial charge on any atom is -0.290 e. The molecule has 0 saturated carbocycles. The summed E-state index contributed by atoms with van der Waals surface area (Å²) in [6, 6.07) is 14.3. The van der Waals surface area contributed by atoms with Gasteiger partial charge in [-0.15, -0.1) is 0 Å². The second-order valence-corrected chi connectivity index (χ2v) is 4.03. The average molecular weight is 211 g/mol. The van der Waals surface area contributed by atoms with E-state index in [1.807, 2.05) is 24.3 Å². The molecular weight excluding hydrogens is 196 g/mol. The quantitative estimate of drug-likeness (QED) is 0.751. The van der Waals surface area contributed by atoms with Gasteiger partial charge in [-0.3, -0.25) is 4.79 Å². The third kappa shape index (κ3) is 1.99. The van der Waals surface area contributed by atoms with Gasteiger partial charge >= 0.3 is 0 Å². The normalized spacial score (nSPS) is 12.6. The minimum atomic E-state index is -0.0869. The van der Waals surface area contributed by atoms with Gasteiger partial charge in [0.15, 0.2) is 0 Å².